The number of hydrogen-bond acceptors (Lipinski definition) is 13. The lowest BCUT2D eigenvalue weighted by Gasteiger charge is -2.41. The average molecular weight is 595 g/mol. The van der Waals surface area contributed by atoms with Crippen LogP contribution in [0.2, 0.25) is 0 Å². The molecule has 0 spiro atoms. The Hall–Kier alpha value is -5.08. The lowest BCUT2D eigenvalue weighted by molar-refractivity contribution is -0.280. The van der Waals surface area contributed by atoms with E-state index >= 15 is 0 Å². The number of carbonyl (C=O) groups excluding carboxylic acids is 1. The minimum Gasteiger partial charge on any atom is -0.508 e. The van der Waals surface area contributed by atoms with Gasteiger partial charge < -0.3 is 54.4 Å². The first-order valence-electron chi connectivity index (χ1n) is 12.8. The molecule has 2 heterocycles. The number of aliphatic hydroxyl groups excluding tert-OH is 3. The van der Waals surface area contributed by atoms with Gasteiger partial charge in [0.05, 0.1) is 6.61 Å². The van der Waals surface area contributed by atoms with E-state index in [-0.39, 0.29) is 39.5 Å². The molecule has 3 aromatic carbocycles. The molecule has 13 heteroatoms. The molecule has 1 saturated heterocycles. The first kappa shape index (κ1) is 29.4. The van der Waals surface area contributed by atoms with Crippen molar-refractivity contribution in [2.45, 2.75) is 30.7 Å². The Morgan fingerprint density at radius 3 is 2.33 bits per heavy atom. The SMILES string of the molecule is O=C(C=Cc1ccc(O)cc1)O[C@@H]1[C@@H](O)[C@H](O)[C@@H](Oc2cc(O)c3c(=O)cc(-c4ccc(O)c(O)c4)oc3c2)O[C@H]1CO. The van der Waals surface area contributed by atoms with Gasteiger partial charge in [-0.05, 0) is 42.0 Å². The highest BCUT2D eigenvalue weighted by atomic mass is 16.7. The fourth-order valence-corrected chi connectivity index (χ4v) is 4.48. The van der Waals surface area contributed by atoms with Crippen LogP contribution in [0.4, 0.5) is 0 Å². The number of phenolic OH excluding ortho intramolecular Hbond substituents is 4. The van der Waals surface area contributed by atoms with E-state index in [0.717, 1.165) is 18.2 Å². The summed E-state index contributed by atoms with van der Waals surface area (Å²) in [5.74, 6) is -2.37. The number of aromatic hydroxyl groups is 4. The highest BCUT2D eigenvalue weighted by Crippen LogP contribution is 2.35. The summed E-state index contributed by atoms with van der Waals surface area (Å²) in [5.41, 5.74) is 0.0623. The number of rotatable bonds is 7. The number of carbonyl (C=O) groups is 1. The van der Waals surface area contributed by atoms with Gasteiger partial charge in [-0.3, -0.25) is 4.79 Å². The van der Waals surface area contributed by atoms with Gasteiger partial charge in [0.1, 0.15) is 52.3 Å². The third-order valence-electron chi connectivity index (χ3n) is 6.67. The Kier molecular flexibility index (Phi) is 8.23. The summed E-state index contributed by atoms with van der Waals surface area (Å²) in [6.07, 6.45) is -5.52. The Labute approximate surface area is 242 Å². The highest BCUT2D eigenvalue weighted by molar-refractivity contribution is 5.87. The summed E-state index contributed by atoms with van der Waals surface area (Å²) in [6, 6.07) is 13.1. The summed E-state index contributed by atoms with van der Waals surface area (Å²) in [6.45, 7) is -0.732. The van der Waals surface area contributed by atoms with Crippen molar-refractivity contribution in [2.75, 3.05) is 6.61 Å². The number of benzene rings is 3. The zero-order valence-corrected chi connectivity index (χ0v) is 22.1. The van der Waals surface area contributed by atoms with E-state index in [0.29, 0.717) is 5.56 Å². The van der Waals surface area contributed by atoms with E-state index in [9.17, 15) is 45.3 Å². The van der Waals surface area contributed by atoms with E-state index < -0.39 is 60.2 Å². The number of aliphatic hydroxyl groups is 3. The normalized spacial score (nSPS) is 22.1. The fourth-order valence-electron chi connectivity index (χ4n) is 4.48. The summed E-state index contributed by atoms with van der Waals surface area (Å²) in [7, 11) is 0. The summed E-state index contributed by atoms with van der Waals surface area (Å²) >= 11 is 0. The van der Waals surface area contributed by atoms with Crippen LogP contribution in [0.3, 0.4) is 0 Å². The topological polar surface area (TPSA) is 217 Å². The monoisotopic (exact) mass is 594 g/mol. The van der Waals surface area contributed by atoms with Gasteiger partial charge in [-0.25, -0.2) is 4.79 Å². The van der Waals surface area contributed by atoms with Crippen molar-refractivity contribution in [3.05, 3.63) is 82.5 Å². The minimum atomic E-state index is -1.79. The van der Waals surface area contributed by atoms with Crippen molar-refractivity contribution in [1.82, 2.24) is 0 Å². The molecule has 43 heavy (non-hydrogen) atoms. The first-order valence-corrected chi connectivity index (χ1v) is 12.8. The Balaban J connectivity index is 1.34. The van der Waals surface area contributed by atoms with Crippen molar-refractivity contribution in [1.29, 1.82) is 0 Å². The number of ether oxygens (including phenoxy) is 3. The molecule has 5 atom stereocenters. The third kappa shape index (κ3) is 6.24. The van der Waals surface area contributed by atoms with Crippen LogP contribution in [-0.2, 0) is 14.3 Å². The van der Waals surface area contributed by atoms with Crippen molar-refractivity contribution < 1.29 is 59.2 Å². The molecule has 1 aromatic heterocycles. The minimum absolute atomic E-state index is 0.00168. The second-order valence-corrected chi connectivity index (χ2v) is 9.64. The maximum absolute atomic E-state index is 12.7. The largest absolute Gasteiger partial charge is 0.508 e. The quantitative estimate of drug-likeness (QED) is 0.0923. The number of fused-ring (bicyclic) bond motifs is 1. The molecule has 0 unspecified atom stereocenters. The van der Waals surface area contributed by atoms with Gasteiger partial charge in [-0.2, -0.15) is 0 Å². The molecule has 1 fully saturated rings. The molecule has 0 saturated carbocycles. The summed E-state index contributed by atoms with van der Waals surface area (Å²) in [5, 5.41) is 70.3. The van der Waals surface area contributed by atoms with Crippen LogP contribution in [0.1, 0.15) is 5.56 Å². The van der Waals surface area contributed by atoms with Gasteiger partial charge in [0.2, 0.25) is 6.29 Å². The van der Waals surface area contributed by atoms with Gasteiger partial charge >= 0.3 is 5.97 Å². The molecule has 0 aliphatic carbocycles. The van der Waals surface area contributed by atoms with Crippen LogP contribution in [0.15, 0.2) is 76.0 Å². The second kappa shape index (κ2) is 12.0. The van der Waals surface area contributed by atoms with Gasteiger partial charge in [0.25, 0.3) is 0 Å². The molecule has 13 nitrogen and oxygen atoms in total. The molecule has 224 valence electrons. The van der Waals surface area contributed by atoms with E-state index in [2.05, 4.69) is 0 Å². The van der Waals surface area contributed by atoms with Crippen LogP contribution >= 0.6 is 0 Å². The average Bonchev–Trinajstić information content (AvgIpc) is 2.97. The molecule has 0 radical (unpaired) electrons. The Bertz CT molecular complexity index is 1730. The van der Waals surface area contributed by atoms with Crippen LogP contribution < -0.4 is 10.2 Å². The molecular weight excluding hydrogens is 568 g/mol. The molecule has 4 aromatic rings. The standard InChI is InChI=1S/C30H26O13/c31-13-24-29(43-25(37)8-3-14-1-5-16(32)6-2-14)27(38)28(39)30(42-24)40-17-10-20(35)26-21(36)12-22(41-23(26)11-17)15-4-7-18(33)19(34)9-15/h1-12,24,27-35,38-39H,13H2/t24-,27-,28-,29-,30-/m0/s1. The van der Waals surface area contributed by atoms with Crippen LogP contribution in [0.5, 0.6) is 28.7 Å². The van der Waals surface area contributed by atoms with Crippen LogP contribution in [0.25, 0.3) is 28.4 Å². The van der Waals surface area contributed by atoms with Crippen molar-refractivity contribution in [3.63, 3.8) is 0 Å². The molecule has 7 N–H and O–H groups in total. The zero-order chi connectivity index (χ0) is 30.8. The number of phenols is 4. The number of hydrogen-bond donors (Lipinski definition) is 7. The summed E-state index contributed by atoms with van der Waals surface area (Å²) < 4.78 is 22.2. The Morgan fingerprint density at radius 1 is 0.884 bits per heavy atom. The number of esters is 1. The Morgan fingerprint density at radius 2 is 1.63 bits per heavy atom. The van der Waals surface area contributed by atoms with Gasteiger partial charge in [-0.1, -0.05) is 12.1 Å². The lowest BCUT2D eigenvalue weighted by atomic mass is 9.99. The highest BCUT2D eigenvalue weighted by Gasteiger charge is 2.47. The van der Waals surface area contributed by atoms with Crippen molar-refractivity contribution >= 4 is 23.0 Å². The predicted octanol–water partition coefficient (Wildman–Crippen LogP) is 1.73. The summed E-state index contributed by atoms with van der Waals surface area (Å²) in [4.78, 5) is 25.1. The van der Waals surface area contributed by atoms with E-state index in [1.165, 1.54) is 42.5 Å². The maximum Gasteiger partial charge on any atom is 0.331 e. The van der Waals surface area contributed by atoms with E-state index in [4.69, 9.17) is 18.6 Å². The molecule has 0 amide bonds. The molecular formula is C30H26O13. The maximum atomic E-state index is 12.7. The second-order valence-electron chi connectivity index (χ2n) is 9.64. The van der Waals surface area contributed by atoms with Gasteiger partial charge in [0.15, 0.2) is 23.0 Å². The van der Waals surface area contributed by atoms with E-state index in [1.807, 2.05) is 0 Å². The molecule has 5 rings (SSSR count). The zero-order valence-electron chi connectivity index (χ0n) is 22.1. The fraction of sp³-hybridized carbons (Fsp3) is 0.200. The van der Waals surface area contributed by atoms with Crippen LogP contribution in [-0.4, -0.2) is 79.0 Å². The van der Waals surface area contributed by atoms with Crippen LogP contribution in [0, 0.1) is 0 Å². The third-order valence-corrected chi connectivity index (χ3v) is 6.67. The molecule has 1 aliphatic heterocycles. The van der Waals surface area contributed by atoms with Gasteiger partial charge in [0, 0.05) is 29.8 Å². The molecule has 0 bridgehead atoms. The predicted molar refractivity (Wildman–Crippen MR) is 148 cm³/mol. The first-order chi connectivity index (χ1) is 20.5. The molecule has 1 aliphatic rings. The van der Waals surface area contributed by atoms with E-state index in [1.54, 1.807) is 12.1 Å². The van der Waals surface area contributed by atoms with Crippen molar-refractivity contribution in [3.8, 4) is 40.1 Å². The van der Waals surface area contributed by atoms with Crippen molar-refractivity contribution in [2.24, 2.45) is 0 Å². The smallest absolute Gasteiger partial charge is 0.331 e. The lowest BCUT2D eigenvalue weighted by Crippen LogP contribution is -2.61. The van der Waals surface area contributed by atoms with Gasteiger partial charge in [-0.15, -0.1) is 0 Å².